The highest BCUT2D eigenvalue weighted by molar-refractivity contribution is 5.95. The number of carbonyl (C=O) groups excluding carboxylic acids is 1. The average Bonchev–Trinajstić information content (AvgIpc) is 2.74. The van der Waals surface area contributed by atoms with Crippen LogP contribution in [0.5, 0.6) is 11.5 Å². The van der Waals surface area contributed by atoms with Crippen LogP contribution in [0.25, 0.3) is 0 Å². The highest BCUT2D eigenvalue weighted by atomic mass is 16.5. The van der Waals surface area contributed by atoms with E-state index in [-0.39, 0.29) is 5.91 Å². The Morgan fingerprint density at radius 3 is 2.50 bits per heavy atom. The van der Waals surface area contributed by atoms with Gasteiger partial charge in [0.25, 0.3) is 5.91 Å². The summed E-state index contributed by atoms with van der Waals surface area (Å²) in [4.78, 5) is 12.2. The lowest BCUT2D eigenvalue weighted by atomic mass is 10.1. The van der Waals surface area contributed by atoms with Gasteiger partial charge in [0.05, 0.1) is 13.3 Å². The zero-order valence-electron chi connectivity index (χ0n) is 15.9. The first kappa shape index (κ1) is 19.2. The fourth-order valence-corrected chi connectivity index (χ4v) is 2.59. The number of nitrogens with zero attached hydrogens (tertiary/aromatic N) is 1. The third-order valence-electron chi connectivity index (χ3n) is 4.18. The van der Waals surface area contributed by atoms with Crippen LogP contribution in [0.4, 0.5) is 0 Å². The molecule has 1 amide bonds. The third kappa shape index (κ3) is 5.20. The number of benzene rings is 3. The minimum absolute atomic E-state index is 0.287. The molecular weight excluding hydrogens is 352 g/mol. The van der Waals surface area contributed by atoms with Gasteiger partial charge in [0.15, 0.2) is 0 Å². The van der Waals surface area contributed by atoms with E-state index in [4.69, 9.17) is 9.47 Å². The molecule has 3 aromatic carbocycles. The Kier molecular flexibility index (Phi) is 6.41. The fraction of sp³-hybridized carbons (Fsp3) is 0.130. The summed E-state index contributed by atoms with van der Waals surface area (Å²) in [6, 6.07) is 22.6. The molecule has 5 nitrogen and oxygen atoms in total. The zero-order chi connectivity index (χ0) is 19.8. The highest BCUT2D eigenvalue weighted by Crippen LogP contribution is 2.18. The molecule has 142 valence electrons. The molecule has 5 heteroatoms. The molecule has 0 aliphatic heterocycles. The second kappa shape index (κ2) is 9.37. The molecule has 0 aliphatic rings. The molecular formula is C23H22N2O3. The van der Waals surface area contributed by atoms with E-state index < -0.39 is 0 Å². The van der Waals surface area contributed by atoms with Crippen LogP contribution in [0, 0.1) is 6.92 Å². The number of hydrogen-bond donors (Lipinski definition) is 1. The summed E-state index contributed by atoms with van der Waals surface area (Å²) in [6.45, 7) is 2.45. The van der Waals surface area contributed by atoms with Crippen LogP contribution < -0.4 is 14.9 Å². The first-order valence-corrected chi connectivity index (χ1v) is 8.90. The van der Waals surface area contributed by atoms with E-state index in [2.05, 4.69) is 10.5 Å². The van der Waals surface area contributed by atoms with Crippen LogP contribution in [0.2, 0.25) is 0 Å². The zero-order valence-corrected chi connectivity index (χ0v) is 15.9. The van der Waals surface area contributed by atoms with Crippen LogP contribution in [0.3, 0.4) is 0 Å². The molecule has 0 radical (unpaired) electrons. The molecule has 0 saturated heterocycles. The summed E-state index contributed by atoms with van der Waals surface area (Å²) in [5.74, 6) is 1.20. The maximum absolute atomic E-state index is 12.2. The Labute approximate surface area is 164 Å². The second-order valence-corrected chi connectivity index (χ2v) is 6.23. The Morgan fingerprint density at radius 1 is 1.04 bits per heavy atom. The van der Waals surface area contributed by atoms with Gasteiger partial charge in [-0.2, -0.15) is 5.10 Å². The third-order valence-corrected chi connectivity index (χ3v) is 4.18. The van der Waals surface area contributed by atoms with Gasteiger partial charge in [-0.05, 0) is 53.9 Å². The molecule has 1 N–H and O–H groups in total. The maximum Gasteiger partial charge on any atom is 0.271 e. The molecule has 0 bridgehead atoms. The van der Waals surface area contributed by atoms with Crippen molar-refractivity contribution < 1.29 is 14.3 Å². The van der Waals surface area contributed by atoms with Crippen LogP contribution in [-0.4, -0.2) is 19.2 Å². The second-order valence-electron chi connectivity index (χ2n) is 6.23. The first-order chi connectivity index (χ1) is 13.7. The number of methoxy groups -OCH3 is 1. The van der Waals surface area contributed by atoms with Crippen molar-refractivity contribution in [3.05, 3.63) is 95.1 Å². The number of hydrazone groups is 1. The van der Waals surface area contributed by atoms with Gasteiger partial charge < -0.3 is 9.47 Å². The van der Waals surface area contributed by atoms with E-state index >= 15 is 0 Å². The van der Waals surface area contributed by atoms with Crippen molar-refractivity contribution in [1.82, 2.24) is 5.43 Å². The number of hydrogen-bond acceptors (Lipinski definition) is 4. The summed E-state index contributed by atoms with van der Waals surface area (Å²) in [5, 5.41) is 4.01. The molecule has 3 aromatic rings. The number of nitrogens with one attached hydrogen (secondary N) is 1. The van der Waals surface area contributed by atoms with Crippen molar-refractivity contribution >= 4 is 12.1 Å². The molecule has 3 rings (SSSR count). The summed E-state index contributed by atoms with van der Waals surface area (Å²) in [7, 11) is 1.62. The van der Waals surface area contributed by atoms with Crippen molar-refractivity contribution in [1.29, 1.82) is 0 Å². The van der Waals surface area contributed by atoms with Gasteiger partial charge in [-0.15, -0.1) is 0 Å². The summed E-state index contributed by atoms with van der Waals surface area (Å²) < 4.78 is 11.0. The van der Waals surface area contributed by atoms with Gasteiger partial charge in [-0.3, -0.25) is 4.79 Å². The smallest absolute Gasteiger partial charge is 0.271 e. The Hall–Kier alpha value is -3.60. The number of rotatable bonds is 7. The standard InChI is InChI=1S/C23H22N2O3/c1-17-8-9-19(14-22(17)27-2)15-24-25-23(26)20-10-12-21(13-11-20)28-16-18-6-4-3-5-7-18/h3-15H,16H2,1-2H3,(H,25,26). The monoisotopic (exact) mass is 374 g/mol. The number of amides is 1. The minimum Gasteiger partial charge on any atom is -0.496 e. The van der Waals surface area contributed by atoms with E-state index in [1.165, 1.54) is 0 Å². The topological polar surface area (TPSA) is 59.9 Å². The molecule has 0 aromatic heterocycles. The minimum atomic E-state index is -0.287. The van der Waals surface area contributed by atoms with Crippen LogP contribution in [-0.2, 0) is 6.61 Å². The molecule has 0 saturated carbocycles. The van der Waals surface area contributed by atoms with Crippen molar-refractivity contribution in [2.75, 3.05) is 7.11 Å². The molecule has 0 atom stereocenters. The predicted octanol–water partition coefficient (Wildman–Crippen LogP) is 4.35. The maximum atomic E-state index is 12.2. The average molecular weight is 374 g/mol. The van der Waals surface area contributed by atoms with Gasteiger partial charge in [0.2, 0.25) is 0 Å². The van der Waals surface area contributed by atoms with Crippen LogP contribution in [0.1, 0.15) is 27.0 Å². The lowest BCUT2D eigenvalue weighted by Crippen LogP contribution is -2.17. The quantitative estimate of drug-likeness (QED) is 0.494. The Balaban J connectivity index is 1.54. The van der Waals surface area contributed by atoms with E-state index in [1.807, 2.05) is 55.5 Å². The van der Waals surface area contributed by atoms with E-state index in [9.17, 15) is 4.79 Å². The fourth-order valence-electron chi connectivity index (χ4n) is 2.59. The highest BCUT2D eigenvalue weighted by Gasteiger charge is 2.05. The van der Waals surface area contributed by atoms with Crippen molar-refractivity contribution in [3.63, 3.8) is 0 Å². The van der Waals surface area contributed by atoms with E-state index in [1.54, 1.807) is 37.6 Å². The number of ether oxygens (including phenoxy) is 2. The van der Waals surface area contributed by atoms with E-state index in [0.717, 1.165) is 22.4 Å². The largest absolute Gasteiger partial charge is 0.496 e. The number of aryl methyl sites for hydroxylation is 1. The molecule has 0 aliphatic carbocycles. The molecule has 0 unspecified atom stereocenters. The lowest BCUT2D eigenvalue weighted by molar-refractivity contribution is 0.0955. The summed E-state index contributed by atoms with van der Waals surface area (Å²) in [5.41, 5.74) is 6.00. The Bertz CT molecular complexity index is 951. The predicted molar refractivity (Wildman–Crippen MR) is 110 cm³/mol. The first-order valence-electron chi connectivity index (χ1n) is 8.90. The van der Waals surface area contributed by atoms with Gasteiger partial charge in [-0.25, -0.2) is 5.43 Å². The van der Waals surface area contributed by atoms with Crippen molar-refractivity contribution in [3.8, 4) is 11.5 Å². The lowest BCUT2D eigenvalue weighted by Gasteiger charge is -2.07. The van der Waals surface area contributed by atoms with Gasteiger partial charge in [-0.1, -0.05) is 42.5 Å². The van der Waals surface area contributed by atoms with Gasteiger partial charge in [0, 0.05) is 5.56 Å². The van der Waals surface area contributed by atoms with Crippen LogP contribution in [0.15, 0.2) is 77.9 Å². The molecule has 28 heavy (non-hydrogen) atoms. The summed E-state index contributed by atoms with van der Waals surface area (Å²) in [6.07, 6.45) is 1.58. The molecule has 0 spiro atoms. The van der Waals surface area contributed by atoms with E-state index in [0.29, 0.717) is 17.9 Å². The number of carbonyl (C=O) groups is 1. The normalized spacial score (nSPS) is 10.6. The SMILES string of the molecule is COc1cc(C=NNC(=O)c2ccc(OCc3ccccc3)cc2)ccc1C. The van der Waals surface area contributed by atoms with Crippen LogP contribution >= 0.6 is 0 Å². The van der Waals surface area contributed by atoms with Gasteiger partial charge in [0.1, 0.15) is 18.1 Å². The summed E-state index contributed by atoms with van der Waals surface area (Å²) >= 11 is 0. The van der Waals surface area contributed by atoms with Gasteiger partial charge >= 0.3 is 0 Å². The molecule has 0 heterocycles. The molecule has 0 fully saturated rings. The van der Waals surface area contributed by atoms with Crippen molar-refractivity contribution in [2.24, 2.45) is 5.10 Å². The Morgan fingerprint density at radius 2 is 1.79 bits per heavy atom. The van der Waals surface area contributed by atoms with Crippen molar-refractivity contribution in [2.45, 2.75) is 13.5 Å².